The number of aryl methyl sites for hydroxylation is 2. The summed E-state index contributed by atoms with van der Waals surface area (Å²) in [6.45, 7) is 5.57. The number of hydrogen-bond donors (Lipinski definition) is 0. The predicted octanol–water partition coefficient (Wildman–Crippen LogP) is 4.09. The van der Waals surface area contributed by atoms with Gasteiger partial charge in [-0.05, 0) is 42.4 Å². The van der Waals surface area contributed by atoms with Crippen molar-refractivity contribution < 1.29 is 0 Å². The van der Waals surface area contributed by atoms with Gasteiger partial charge in [0.25, 0.3) is 0 Å². The van der Waals surface area contributed by atoms with Gasteiger partial charge in [0.2, 0.25) is 0 Å². The van der Waals surface area contributed by atoms with E-state index in [1.165, 1.54) is 34.5 Å². The Hall–Kier alpha value is -0.890. The van der Waals surface area contributed by atoms with Crippen molar-refractivity contribution in [2.45, 2.75) is 26.8 Å². The Morgan fingerprint density at radius 3 is 2.88 bits per heavy atom. The van der Waals surface area contributed by atoms with Gasteiger partial charge in [-0.3, -0.25) is 0 Å². The topological polar surface area (TPSA) is 4.93 Å². The average Bonchev–Trinajstić information content (AvgIpc) is 2.61. The molecule has 2 aromatic rings. The summed E-state index contributed by atoms with van der Waals surface area (Å²) in [4.78, 5) is 0. The molecule has 0 unspecified atom stereocenters. The SMILES string of the molecule is CCSCCCn1c(C)cc2ccccc21. The Labute approximate surface area is 102 Å². The molecule has 1 aromatic carbocycles. The Kier molecular flexibility index (Phi) is 3.94. The van der Waals surface area contributed by atoms with Crippen LogP contribution in [0.3, 0.4) is 0 Å². The van der Waals surface area contributed by atoms with E-state index in [9.17, 15) is 0 Å². The molecular weight excluding hydrogens is 214 g/mol. The third-order valence-electron chi connectivity index (χ3n) is 2.89. The number of nitrogens with zero attached hydrogens (tertiary/aromatic N) is 1. The second kappa shape index (κ2) is 5.44. The molecule has 0 bridgehead atoms. The summed E-state index contributed by atoms with van der Waals surface area (Å²) in [5.41, 5.74) is 2.75. The maximum absolute atomic E-state index is 2.44. The van der Waals surface area contributed by atoms with E-state index < -0.39 is 0 Å². The van der Waals surface area contributed by atoms with E-state index in [0.717, 1.165) is 6.54 Å². The molecule has 0 saturated heterocycles. The van der Waals surface area contributed by atoms with E-state index in [1.54, 1.807) is 0 Å². The maximum atomic E-state index is 2.44. The summed E-state index contributed by atoms with van der Waals surface area (Å²) < 4.78 is 2.44. The van der Waals surface area contributed by atoms with Gasteiger partial charge in [0.1, 0.15) is 0 Å². The number of para-hydroxylation sites is 1. The van der Waals surface area contributed by atoms with Crippen LogP contribution in [0.4, 0.5) is 0 Å². The van der Waals surface area contributed by atoms with E-state index in [4.69, 9.17) is 0 Å². The normalized spacial score (nSPS) is 11.1. The highest BCUT2D eigenvalue weighted by atomic mass is 32.2. The Morgan fingerprint density at radius 1 is 1.25 bits per heavy atom. The minimum atomic E-state index is 1.15. The first-order valence-electron chi connectivity index (χ1n) is 5.95. The lowest BCUT2D eigenvalue weighted by Crippen LogP contribution is -2.00. The van der Waals surface area contributed by atoms with Crippen LogP contribution >= 0.6 is 11.8 Å². The highest BCUT2D eigenvalue weighted by molar-refractivity contribution is 7.99. The van der Waals surface area contributed by atoms with Gasteiger partial charge in [-0.2, -0.15) is 11.8 Å². The van der Waals surface area contributed by atoms with Crippen molar-refractivity contribution in [3.05, 3.63) is 36.0 Å². The molecule has 1 nitrogen and oxygen atoms in total. The van der Waals surface area contributed by atoms with E-state index in [0.29, 0.717) is 0 Å². The Balaban J connectivity index is 2.13. The molecule has 0 atom stereocenters. The van der Waals surface area contributed by atoms with Gasteiger partial charge >= 0.3 is 0 Å². The van der Waals surface area contributed by atoms with Gasteiger partial charge in [0.05, 0.1) is 0 Å². The number of thioether (sulfide) groups is 1. The lowest BCUT2D eigenvalue weighted by atomic mass is 10.2. The molecule has 0 amide bonds. The van der Waals surface area contributed by atoms with Gasteiger partial charge in [0, 0.05) is 17.8 Å². The fourth-order valence-corrected chi connectivity index (χ4v) is 2.74. The fourth-order valence-electron chi connectivity index (χ4n) is 2.11. The largest absolute Gasteiger partial charge is 0.345 e. The molecule has 16 heavy (non-hydrogen) atoms. The molecule has 0 radical (unpaired) electrons. The highest BCUT2D eigenvalue weighted by Gasteiger charge is 2.03. The summed E-state index contributed by atoms with van der Waals surface area (Å²) in [5.74, 6) is 2.49. The van der Waals surface area contributed by atoms with Crippen molar-refractivity contribution in [1.29, 1.82) is 0 Å². The smallest absolute Gasteiger partial charge is 0.0482 e. The molecular formula is C14H19NS. The van der Waals surface area contributed by atoms with Crippen LogP contribution in [0.25, 0.3) is 10.9 Å². The average molecular weight is 233 g/mol. The van der Waals surface area contributed by atoms with Crippen LogP contribution in [0.1, 0.15) is 19.0 Å². The van der Waals surface area contributed by atoms with Gasteiger partial charge < -0.3 is 4.57 Å². The number of aromatic nitrogens is 1. The first-order chi connectivity index (χ1) is 7.83. The van der Waals surface area contributed by atoms with E-state index in [2.05, 4.69) is 48.7 Å². The number of rotatable bonds is 5. The standard InChI is InChI=1S/C14H19NS/c1-3-16-10-6-9-15-12(2)11-13-7-4-5-8-14(13)15/h4-5,7-8,11H,3,6,9-10H2,1-2H3. The van der Waals surface area contributed by atoms with Gasteiger partial charge in [-0.25, -0.2) is 0 Å². The van der Waals surface area contributed by atoms with Crippen molar-refractivity contribution in [2.75, 3.05) is 11.5 Å². The first kappa shape index (κ1) is 11.6. The second-order valence-corrected chi connectivity index (χ2v) is 5.44. The predicted molar refractivity (Wildman–Crippen MR) is 74.3 cm³/mol. The van der Waals surface area contributed by atoms with Crippen molar-refractivity contribution >= 4 is 22.7 Å². The van der Waals surface area contributed by atoms with Crippen LogP contribution in [0.5, 0.6) is 0 Å². The van der Waals surface area contributed by atoms with Crippen LogP contribution in [0.2, 0.25) is 0 Å². The van der Waals surface area contributed by atoms with Crippen molar-refractivity contribution in [3.63, 3.8) is 0 Å². The lowest BCUT2D eigenvalue weighted by Gasteiger charge is -2.07. The third kappa shape index (κ3) is 2.43. The molecule has 1 aromatic heterocycles. The molecule has 0 fully saturated rings. The molecule has 2 rings (SSSR count). The van der Waals surface area contributed by atoms with Crippen LogP contribution < -0.4 is 0 Å². The van der Waals surface area contributed by atoms with Gasteiger partial charge in [0.15, 0.2) is 0 Å². The zero-order valence-electron chi connectivity index (χ0n) is 10.1. The summed E-state index contributed by atoms with van der Waals surface area (Å²) >= 11 is 2.03. The summed E-state index contributed by atoms with van der Waals surface area (Å²) in [7, 11) is 0. The Bertz CT molecular complexity index is 459. The molecule has 2 heteroatoms. The van der Waals surface area contributed by atoms with Crippen LogP contribution in [0.15, 0.2) is 30.3 Å². The minimum absolute atomic E-state index is 1.15. The molecule has 86 valence electrons. The first-order valence-corrected chi connectivity index (χ1v) is 7.11. The van der Waals surface area contributed by atoms with Crippen molar-refractivity contribution in [1.82, 2.24) is 4.57 Å². The van der Waals surface area contributed by atoms with Crippen molar-refractivity contribution in [3.8, 4) is 0 Å². The quantitative estimate of drug-likeness (QED) is 0.704. The maximum Gasteiger partial charge on any atom is 0.0482 e. The Morgan fingerprint density at radius 2 is 2.06 bits per heavy atom. The summed E-state index contributed by atoms with van der Waals surface area (Å²) in [5, 5.41) is 1.36. The molecule has 0 saturated carbocycles. The highest BCUT2D eigenvalue weighted by Crippen LogP contribution is 2.19. The zero-order chi connectivity index (χ0) is 11.4. The summed E-state index contributed by atoms with van der Waals surface area (Å²) in [6, 6.07) is 10.9. The molecule has 0 aliphatic carbocycles. The minimum Gasteiger partial charge on any atom is -0.345 e. The lowest BCUT2D eigenvalue weighted by molar-refractivity contribution is 0.691. The van der Waals surface area contributed by atoms with E-state index >= 15 is 0 Å². The van der Waals surface area contributed by atoms with Gasteiger partial charge in [-0.1, -0.05) is 25.1 Å². The van der Waals surface area contributed by atoms with Gasteiger partial charge in [-0.15, -0.1) is 0 Å². The second-order valence-electron chi connectivity index (χ2n) is 4.05. The number of hydrogen-bond acceptors (Lipinski definition) is 1. The summed E-state index contributed by atoms with van der Waals surface area (Å²) in [6.07, 6.45) is 1.26. The zero-order valence-corrected chi connectivity index (χ0v) is 10.9. The van der Waals surface area contributed by atoms with Crippen LogP contribution in [0, 0.1) is 6.92 Å². The fraction of sp³-hybridized carbons (Fsp3) is 0.429. The van der Waals surface area contributed by atoms with Crippen molar-refractivity contribution in [2.24, 2.45) is 0 Å². The molecule has 0 N–H and O–H groups in total. The van der Waals surface area contributed by atoms with E-state index in [-0.39, 0.29) is 0 Å². The molecule has 0 aliphatic rings. The third-order valence-corrected chi connectivity index (χ3v) is 3.88. The molecule has 0 spiro atoms. The molecule has 1 heterocycles. The van der Waals surface area contributed by atoms with Crippen LogP contribution in [-0.4, -0.2) is 16.1 Å². The van der Waals surface area contributed by atoms with Crippen LogP contribution in [-0.2, 0) is 6.54 Å². The monoisotopic (exact) mass is 233 g/mol. The number of fused-ring (bicyclic) bond motifs is 1. The molecule has 0 aliphatic heterocycles. The number of benzene rings is 1. The van der Waals surface area contributed by atoms with E-state index in [1.807, 2.05) is 11.8 Å².